The van der Waals surface area contributed by atoms with E-state index in [2.05, 4.69) is 51.3 Å². The Morgan fingerprint density at radius 1 is 1.23 bits per heavy atom. The lowest BCUT2D eigenvalue weighted by molar-refractivity contribution is 0.223. The predicted octanol–water partition coefficient (Wildman–Crippen LogP) is 2.24. The Morgan fingerprint density at radius 2 is 1.97 bits per heavy atom. The lowest BCUT2D eigenvalue weighted by atomic mass is 10.1. The van der Waals surface area contributed by atoms with Crippen LogP contribution in [0.15, 0.2) is 29.3 Å². The Labute approximate surface area is 186 Å². The molecule has 0 saturated carbocycles. The van der Waals surface area contributed by atoms with Crippen LogP contribution in [0.4, 0.5) is 0 Å². The monoisotopic (exact) mass is 427 g/mol. The molecule has 1 aromatic heterocycles. The lowest BCUT2D eigenvalue weighted by Gasteiger charge is -2.27. The maximum Gasteiger partial charge on any atom is 0.194 e. The molecular formula is C23H37N7O. The predicted molar refractivity (Wildman–Crippen MR) is 124 cm³/mol. The summed E-state index contributed by atoms with van der Waals surface area (Å²) in [5.41, 5.74) is 1.28. The lowest BCUT2D eigenvalue weighted by Crippen LogP contribution is -2.43. The van der Waals surface area contributed by atoms with Crippen LogP contribution in [0.1, 0.15) is 37.5 Å². The van der Waals surface area contributed by atoms with Crippen molar-refractivity contribution >= 4 is 5.96 Å². The van der Waals surface area contributed by atoms with E-state index in [1.165, 1.54) is 12.0 Å². The van der Waals surface area contributed by atoms with E-state index in [9.17, 15) is 0 Å². The summed E-state index contributed by atoms with van der Waals surface area (Å²) >= 11 is 0. The Morgan fingerprint density at radius 3 is 2.58 bits per heavy atom. The van der Waals surface area contributed by atoms with E-state index in [1.54, 1.807) is 7.11 Å². The molecule has 0 radical (unpaired) electrons. The molecule has 31 heavy (non-hydrogen) atoms. The van der Waals surface area contributed by atoms with Crippen LogP contribution in [0.25, 0.3) is 0 Å². The molecular weight excluding hydrogens is 390 g/mol. The molecule has 1 N–H and O–H groups in total. The first-order chi connectivity index (χ1) is 15.0. The van der Waals surface area contributed by atoms with Crippen molar-refractivity contribution in [2.75, 3.05) is 39.8 Å². The van der Waals surface area contributed by atoms with Crippen LogP contribution in [0, 0.1) is 6.92 Å². The highest BCUT2D eigenvalue weighted by Gasteiger charge is 2.28. The van der Waals surface area contributed by atoms with Crippen LogP contribution in [0.3, 0.4) is 0 Å². The van der Waals surface area contributed by atoms with Crippen molar-refractivity contribution in [3.8, 4) is 5.75 Å². The van der Waals surface area contributed by atoms with Gasteiger partial charge in [-0.05, 0) is 50.6 Å². The Hall–Kier alpha value is -2.61. The molecule has 1 atom stereocenters. The van der Waals surface area contributed by atoms with Crippen molar-refractivity contribution in [2.24, 2.45) is 12.0 Å². The zero-order valence-electron chi connectivity index (χ0n) is 19.6. The summed E-state index contributed by atoms with van der Waals surface area (Å²) in [5, 5.41) is 12.0. The first-order valence-electron chi connectivity index (χ1n) is 11.3. The second-order valence-electron chi connectivity index (χ2n) is 8.00. The molecule has 170 valence electrons. The fourth-order valence-corrected chi connectivity index (χ4v) is 4.09. The van der Waals surface area contributed by atoms with E-state index < -0.39 is 0 Å². The van der Waals surface area contributed by atoms with Crippen molar-refractivity contribution < 1.29 is 4.74 Å². The topological polar surface area (TPSA) is 70.8 Å². The number of aromatic nitrogens is 3. The first-order valence-corrected chi connectivity index (χ1v) is 11.3. The summed E-state index contributed by atoms with van der Waals surface area (Å²) < 4.78 is 7.26. The van der Waals surface area contributed by atoms with Crippen molar-refractivity contribution in [1.82, 2.24) is 29.9 Å². The van der Waals surface area contributed by atoms with Crippen LogP contribution in [0.5, 0.6) is 5.75 Å². The minimum atomic E-state index is 0.522. The van der Waals surface area contributed by atoms with Crippen molar-refractivity contribution in [1.29, 1.82) is 0 Å². The normalized spacial score (nSPS) is 16.9. The molecule has 2 aromatic rings. The number of rotatable bonds is 9. The average Bonchev–Trinajstić information content (AvgIpc) is 3.40. The molecule has 8 nitrogen and oxygen atoms in total. The number of likely N-dealkylation sites (tertiary alicyclic amines) is 1. The quantitative estimate of drug-likeness (QED) is 0.489. The van der Waals surface area contributed by atoms with Gasteiger partial charge in [-0.2, -0.15) is 0 Å². The molecule has 1 aliphatic heterocycles. The SMILES string of the molecule is CCN(CC)C1CCN(C(=NCc2nnc(C)n2C)NCCc2ccc(OC)cc2)C1. The van der Waals surface area contributed by atoms with Gasteiger partial charge in [0.2, 0.25) is 0 Å². The van der Waals surface area contributed by atoms with E-state index in [-0.39, 0.29) is 0 Å². The van der Waals surface area contributed by atoms with Crippen molar-refractivity contribution in [3.63, 3.8) is 0 Å². The van der Waals surface area contributed by atoms with Gasteiger partial charge in [-0.25, -0.2) is 4.99 Å². The summed E-state index contributed by atoms with van der Waals surface area (Å²) in [4.78, 5) is 9.86. The molecule has 1 unspecified atom stereocenters. The number of guanidine groups is 1. The molecule has 0 amide bonds. The maximum atomic E-state index is 5.25. The van der Waals surface area contributed by atoms with E-state index in [4.69, 9.17) is 9.73 Å². The number of aryl methyl sites for hydroxylation is 1. The Kier molecular flexibility index (Phi) is 8.28. The second-order valence-corrected chi connectivity index (χ2v) is 8.00. The van der Waals surface area contributed by atoms with Crippen LogP contribution in [-0.2, 0) is 20.0 Å². The average molecular weight is 428 g/mol. The first kappa shape index (κ1) is 23.1. The van der Waals surface area contributed by atoms with Gasteiger partial charge in [-0.1, -0.05) is 26.0 Å². The second kappa shape index (κ2) is 11.1. The number of hydrogen-bond donors (Lipinski definition) is 1. The fourth-order valence-electron chi connectivity index (χ4n) is 4.09. The molecule has 0 bridgehead atoms. The number of likely N-dealkylation sites (N-methyl/N-ethyl adjacent to an activating group) is 1. The number of benzene rings is 1. The number of aliphatic imine (C=N–C) groups is 1. The van der Waals surface area contributed by atoms with Gasteiger partial charge in [0.15, 0.2) is 11.8 Å². The molecule has 0 spiro atoms. The van der Waals surface area contributed by atoms with E-state index in [0.717, 1.165) is 62.5 Å². The smallest absolute Gasteiger partial charge is 0.194 e. The maximum absolute atomic E-state index is 5.25. The molecule has 1 fully saturated rings. The zero-order chi connectivity index (χ0) is 22.2. The summed E-state index contributed by atoms with van der Waals surface area (Å²) in [6.45, 7) is 12.0. The fraction of sp³-hybridized carbons (Fsp3) is 0.609. The van der Waals surface area contributed by atoms with Crippen molar-refractivity contribution in [3.05, 3.63) is 41.5 Å². The van der Waals surface area contributed by atoms with Crippen LogP contribution >= 0.6 is 0 Å². The highest BCUT2D eigenvalue weighted by atomic mass is 16.5. The van der Waals surface area contributed by atoms with Crippen LogP contribution < -0.4 is 10.1 Å². The zero-order valence-corrected chi connectivity index (χ0v) is 19.6. The molecule has 1 saturated heterocycles. The molecule has 1 aromatic carbocycles. The van der Waals surface area contributed by atoms with Gasteiger partial charge >= 0.3 is 0 Å². The summed E-state index contributed by atoms with van der Waals surface area (Å²) in [6, 6.07) is 8.84. The van der Waals surface area contributed by atoms with Crippen molar-refractivity contribution in [2.45, 2.75) is 46.2 Å². The third kappa shape index (κ3) is 5.97. The summed E-state index contributed by atoms with van der Waals surface area (Å²) in [7, 11) is 3.68. The van der Waals surface area contributed by atoms with E-state index in [1.807, 2.05) is 30.7 Å². The third-order valence-corrected chi connectivity index (χ3v) is 6.20. The van der Waals surface area contributed by atoms with E-state index >= 15 is 0 Å². The van der Waals surface area contributed by atoms with Gasteiger partial charge < -0.3 is 19.5 Å². The molecule has 0 aliphatic carbocycles. The van der Waals surface area contributed by atoms with Gasteiger partial charge in [0.1, 0.15) is 18.1 Å². The molecule has 2 heterocycles. The van der Waals surface area contributed by atoms with Gasteiger partial charge in [0.05, 0.1) is 7.11 Å². The van der Waals surface area contributed by atoms with Gasteiger partial charge in [0.25, 0.3) is 0 Å². The standard InChI is InChI=1S/C23H37N7O/c1-6-29(7-2)20-13-15-30(17-20)23(25-16-22-27-26-18(3)28(22)4)24-14-12-19-8-10-21(31-5)11-9-19/h8-11,20H,6-7,12-17H2,1-5H3,(H,24,25). The van der Waals surface area contributed by atoms with Crippen LogP contribution in [-0.4, -0.2) is 76.4 Å². The minimum Gasteiger partial charge on any atom is -0.497 e. The number of nitrogens with zero attached hydrogens (tertiary/aromatic N) is 6. The highest BCUT2D eigenvalue weighted by Crippen LogP contribution is 2.16. The number of hydrogen-bond acceptors (Lipinski definition) is 5. The van der Waals surface area contributed by atoms with Gasteiger partial charge in [-0.3, -0.25) is 4.90 Å². The van der Waals surface area contributed by atoms with Gasteiger partial charge in [-0.15, -0.1) is 10.2 Å². The number of methoxy groups -OCH3 is 1. The number of ether oxygens (including phenoxy) is 1. The largest absolute Gasteiger partial charge is 0.497 e. The molecule has 1 aliphatic rings. The summed E-state index contributed by atoms with van der Waals surface area (Å²) in [5.74, 6) is 3.63. The molecule has 3 rings (SSSR count). The Bertz CT molecular complexity index is 842. The van der Waals surface area contributed by atoms with E-state index in [0.29, 0.717) is 12.6 Å². The van der Waals surface area contributed by atoms with Crippen LogP contribution in [0.2, 0.25) is 0 Å². The summed E-state index contributed by atoms with van der Waals surface area (Å²) in [6.07, 6.45) is 2.10. The highest BCUT2D eigenvalue weighted by molar-refractivity contribution is 5.80. The Balaban J connectivity index is 1.66. The van der Waals surface area contributed by atoms with Gasteiger partial charge in [0, 0.05) is 32.7 Å². The third-order valence-electron chi connectivity index (χ3n) is 6.20. The minimum absolute atomic E-state index is 0.522. The number of nitrogens with one attached hydrogen (secondary N) is 1. The molecule has 8 heteroatoms.